The molecular weight excluding hydrogens is 576 g/mol. The van der Waals surface area contributed by atoms with E-state index < -0.39 is 17.2 Å². The molecule has 5 rings (SSSR count). The van der Waals surface area contributed by atoms with Gasteiger partial charge in [0.2, 0.25) is 5.91 Å². The molecule has 9 nitrogen and oxygen atoms in total. The molecule has 1 fully saturated rings. The van der Waals surface area contributed by atoms with E-state index in [2.05, 4.69) is 26.6 Å². The number of hydrogen-bond donors (Lipinski definition) is 2. The lowest BCUT2D eigenvalue weighted by Gasteiger charge is -2.17. The van der Waals surface area contributed by atoms with E-state index in [1.54, 1.807) is 36.4 Å². The van der Waals surface area contributed by atoms with Gasteiger partial charge in [-0.2, -0.15) is 0 Å². The number of benzene rings is 3. The molecule has 0 spiro atoms. The van der Waals surface area contributed by atoms with Crippen LogP contribution in [-0.4, -0.2) is 40.2 Å². The van der Waals surface area contributed by atoms with Crippen molar-refractivity contribution in [1.82, 2.24) is 14.5 Å². The van der Waals surface area contributed by atoms with Crippen molar-refractivity contribution >= 4 is 44.3 Å². The van der Waals surface area contributed by atoms with E-state index in [0.29, 0.717) is 30.8 Å². The van der Waals surface area contributed by atoms with Crippen LogP contribution in [0.15, 0.2) is 86.9 Å². The number of nitrogens with one attached hydrogen (secondary N) is 2. The first-order valence-electron chi connectivity index (χ1n) is 13.2. The summed E-state index contributed by atoms with van der Waals surface area (Å²) in [4.78, 5) is 53.0. The molecule has 3 aromatic carbocycles. The molecule has 10 heteroatoms. The van der Waals surface area contributed by atoms with E-state index >= 15 is 0 Å². The van der Waals surface area contributed by atoms with Crippen LogP contribution >= 0.6 is 15.9 Å². The third-order valence-electron chi connectivity index (χ3n) is 6.87. The summed E-state index contributed by atoms with van der Waals surface area (Å²) in [5.74, 6) is -0.773. The molecular formula is C30H29BrN4O5. The van der Waals surface area contributed by atoms with Crippen molar-refractivity contribution in [3.05, 3.63) is 109 Å². The van der Waals surface area contributed by atoms with Crippen LogP contribution in [0.25, 0.3) is 10.9 Å². The second kappa shape index (κ2) is 12.4. The highest BCUT2D eigenvalue weighted by Crippen LogP contribution is 2.17. The summed E-state index contributed by atoms with van der Waals surface area (Å²) in [6.07, 6.45) is 2.02. The van der Waals surface area contributed by atoms with Gasteiger partial charge in [-0.05, 0) is 67.3 Å². The van der Waals surface area contributed by atoms with Gasteiger partial charge in [-0.15, -0.1) is 0 Å². The summed E-state index contributed by atoms with van der Waals surface area (Å²) >= 11 is 3.37. The molecule has 2 heterocycles. The van der Waals surface area contributed by atoms with Crippen LogP contribution in [0.3, 0.4) is 0 Å². The Hall–Kier alpha value is -4.02. The van der Waals surface area contributed by atoms with E-state index in [9.17, 15) is 19.2 Å². The van der Waals surface area contributed by atoms with E-state index in [4.69, 9.17) is 4.74 Å². The highest BCUT2D eigenvalue weighted by atomic mass is 79.9. The molecule has 4 aromatic rings. The van der Waals surface area contributed by atoms with Crippen LogP contribution in [0.2, 0.25) is 0 Å². The molecule has 0 saturated carbocycles. The van der Waals surface area contributed by atoms with Crippen LogP contribution < -0.4 is 21.9 Å². The fourth-order valence-electron chi connectivity index (χ4n) is 4.81. The quantitative estimate of drug-likeness (QED) is 0.302. The lowest BCUT2D eigenvalue weighted by Crippen LogP contribution is -2.43. The zero-order valence-corrected chi connectivity index (χ0v) is 23.4. The maximum absolute atomic E-state index is 13.6. The van der Waals surface area contributed by atoms with Gasteiger partial charge in [0, 0.05) is 28.9 Å². The maximum Gasteiger partial charge on any atom is 0.332 e. The monoisotopic (exact) mass is 604 g/mol. The van der Waals surface area contributed by atoms with Crippen molar-refractivity contribution in [3.8, 4) is 0 Å². The van der Waals surface area contributed by atoms with Gasteiger partial charge in [0.05, 0.1) is 23.6 Å². The van der Waals surface area contributed by atoms with E-state index in [1.807, 2.05) is 30.3 Å². The van der Waals surface area contributed by atoms with Crippen molar-refractivity contribution in [1.29, 1.82) is 0 Å². The Kier molecular flexibility index (Phi) is 8.57. The maximum atomic E-state index is 13.6. The number of halogens is 1. The number of hydrogen-bond acceptors (Lipinski definition) is 5. The van der Waals surface area contributed by atoms with Gasteiger partial charge in [0.15, 0.2) is 0 Å². The average Bonchev–Trinajstić information content (AvgIpc) is 3.48. The zero-order chi connectivity index (χ0) is 28.1. The lowest BCUT2D eigenvalue weighted by molar-refractivity contribution is -0.116. The molecule has 206 valence electrons. The van der Waals surface area contributed by atoms with Gasteiger partial charge in [-0.3, -0.25) is 23.5 Å². The molecule has 1 atom stereocenters. The third kappa shape index (κ3) is 6.40. The van der Waals surface area contributed by atoms with Crippen LogP contribution in [-0.2, 0) is 29.0 Å². The standard InChI is InChI=1S/C30H29BrN4O5/c31-22-9-11-23(12-10-22)33-27(36)19-34-26-17-21(28(37)32-15-14-20-5-2-1-3-6-20)8-13-25(26)29(38)35(30(34)39)18-24-7-4-16-40-24/h1-3,5-6,8-13,17,24H,4,7,14-16,18-19H2,(H,32,37)(H,33,36)/t24-/m0/s1. The lowest BCUT2D eigenvalue weighted by atomic mass is 10.1. The minimum atomic E-state index is -0.624. The smallest absolute Gasteiger partial charge is 0.332 e. The average molecular weight is 605 g/mol. The summed E-state index contributed by atoms with van der Waals surface area (Å²) in [7, 11) is 0. The Labute approximate surface area is 238 Å². The van der Waals surface area contributed by atoms with E-state index in [0.717, 1.165) is 27.4 Å². The Bertz CT molecular complexity index is 1640. The van der Waals surface area contributed by atoms with Gasteiger partial charge in [-0.1, -0.05) is 46.3 Å². The zero-order valence-electron chi connectivity index (χ0n) is 21.8. The van der Waals surface area contributed by atoms with Crippen molar-refractivity contribution in [3.63, 3.8) is 0 Å². The fraction of sp³-hybridized carbons (Fsp3) is 0.267. The van der Waals surface area contributed by atoms with Crippen LogP contribution in [0.5, 0.6) is 0 Å². The molecule has 1 aliphatic rings. The number of nitrogens with zero attached hydrogens (tertiary/aromatic N) is 2. The summed E-state index contributed by atoms with van der Waals surface area (Å²) in [5.41, 5.74) is 1.07. The molecule has 0 unspecified atom stereocenters. The minimum Gasteiger partial charge on any atom is -0.376 e. The first kappa shape index (κ1) is 27.5. The number of ether oxygens (including phenoxy) is 1. The molecule has 1 aromatic heterocycles. The molecule has 0 radical (unpaired) electrons. The van der Waals surface area contributed by atoms with E-state index in [-0.39, 0.29) is 36.0 Å². The second-order valence-corrected chi connectivity index (χ2v) is 10.6. The molecule has 2 amide bonds. The molecule has 0 aliphatic carbocycles. The molecule has 40 heavy (non-hydrogen) atoms. The summed E-state index contributed by atoms with van der Waals surface area (Å²) in [5, 5.41) is 5.92. The Morgan fingerprint density at radius 1 is 0.975 bits per heavy atom. The van der Waals surface area contributed by atoms with Gasteiger partial charge >= 0.3 is 5.69 Å². The molecule has 0 bridgehead atoms. The Balaban J connectivity index is 1.46. The molecule has 1 aliphatic heterocycles. The molecule has 1 saturated heterocycles. The first-order chi connectivity index (χ1) is 19.4. The normalized spacial score (nSPS) is 14.8. The number of carbonyl (C=O) groups is 2. The number of rotatable bonds is 9. The van der Waals surface area contributed by atoms with Crippen molar-refractivity contribution < 1.29 is 14.3 Å². The fourth-order valence-corrected chi connectivity index (χ4v) is 5.07. The van der Waals surface area contributed by atoms with Gasteiger partial charge in [-0.25, -0.2) is 4.79 Å². The largest absolute Gasteiger partial charge is 0.376 e. The predicted molar refractivity (Wildman–Crippen MR) is 157 cm³/mol. The summed E-state index contributed by atoms with van der Waals surface area (Å²) in [6, 6.07) is 21.5. The SMILES string of the molecule is O=C(Cn1c(=O)n(C[C@@H]2CCCO2)c(=O)c2ccc(C(=O)NCCc3ccccc3)cc21)Nc1ccc(Br)cc1. The predicted octanol–water partition coefficient (Wildman–Crippen LogP) is 3.72. The first-order valence-corrected chi connectivity index (χ1v) is 13.9. The van der Waals surface area contributed by atoms with E-state index in [1.165, 1.54) is 10.6 Å². The summed E-state index contributed by atoms with van der Waals surface area (Å²) < 4.78 is 8.91. The van der Waals surface area contributed by atoms with Crippen molar-refractivity contribution in [2.24, 2.45) is 0 Å². The number of fused-ring (bicyclic) bond motifs is 1. The summed E-state index contributed by atoms with van der Waals surface area (Å²) in [6.45, 7) is 0.770. The molecule has 2 N–H and O–H groups in total. The Morgan fingerprint density at radius 3 is 2.48 bits per heavy atom. The third-order valence-corrected chi connectivity index (χ3v) is 7.40. The Morgan fingerprint density at radius 2 is 1.75 bits per heavy atom. The van der Waals surface area contributed by atoms with Crippen LogP contribution in [0, 0.1) is 0 Å². The second-order valence-electron chi connectivity index (χ2n) is 9.70. The highest BCUT2D eigenvalue weighted by Gasteiger charge is 2.22. The van der Waals surface area contributed by atoms with Crippen LogP contribution in [0.4, 0.5) is 5.69 Å². The highest BCUT2D eigenvalue weighted by molar-refractivity contribution is 9.10. The van der Waals surface area contributed by atoms with Gasteiger partial charge < -0.3 is 15.4 Å². The van der Waals surface area contributed by atoms with Gasteiger partial charge in [0.1, 0.15) is 6.54 Å². The van der Waals surface area contributed by atoms with Crippen LogP contribution in [0.1, 0.15) is 28.8 Å². The number of amides is 2. The van der Waals surface area contributed by atoms with Crippen molar-refractivity contribution in [2.75, 3.05) is 18.5 Å². The minimum absolute atomic E-state index is 0.101. The van der Waals surface area contributed by atoms with Gasteiger partial charge in [0.25, 0.3) is 11.5 Å². The number of anilines is 1. The number of carbonyl (C=O) groups excluding carboxylic acids is 2. The number of aromatic nitrogens is 2. The van der Waals surface area contributed by atoms with Crippen molar-refractivity contribution in [2.45, 2.75) is 38.5 Å². The topological polar surface area (TPSA) is 111 Å².